The molecule has 32 heavy (non-hydrogen) atoms. The zero-order chi connectivity index (χ0) is 21.7. The highest BCUT2D eigenvalue weighted by molar-refractivity contribution is 5.92. The Morgan fingerprint density at radius 1 is 0.938 bits per heavy atom. The standard InChI is InChI=1S/C24H17N7O/c1-13-5-8-20-18(9-13)19(24(32)25-20)10-14-6-7-17-21(11-14)26-27-22(17)15-3-2-4-16(12-15)23-28-30-31-29-23/h2-12,25,32H,1H3,(H,28,29,30,31)/b14-10+. The minimum atomic E-state index is 0.151. The van der Waals surface area contributed by atoms with Crippen LogP contribution in [0.4, 0.5) is 5.69 Å². The summed E-state index contributed by atoms with van der Waals surface area (Å²) in [5.74, 6) is 0.680. The average Bonchev–Trinajstić information content (AvgIpc) is 3.54. The average molecular weight is 419 g/mol. The monoisotopic (exact) mass is 419 g/mol. The predicted molar refractivity (Wildman–Crippen MR) is 121 cm³/mol. The number of fused-ring (bicyclic) bond motifs is 2. The highest BCUT2D eigenvalue weighted by atomic mass is 16.3. The first-order chi connectivity index (χ1) is 15.7. The van der Waals surface area contributed by atoms with Crippen LogP contribution in [0.3, 0.4) is 0 Å². The van der Waals surface area contributed by atoms with Crippen LogP contribution in [0.1, 0.15) is 16.7 Å². The summed E-state index contributed by atoms with van der Waals surface area (Å²) < 4.78 is 0. The lowest BCUT2D eigenvalue weighted by atomic mass is 10.0. The quantitative estimate of drug-likeness (QED) is 0.415. The van der Waals surface area contributed by atoms with Crippen molar-refractivity contribution in [1.29, 1.82) is 0 Å². The van der Waals surface area contributed by atoms with E-state index in [1.165, 1.54) is 0 Å². The largest absolute Gasteiger partial charge is 0.494 e. The van der Waals surface area contributed by atoms with Gasteiger partial charge in [-0.15, -0.1) is 20.4 Å². The fourth-order valence-electron chi connectivity index (χ4n) is 4.01. The first-order valence-electron chi connectivity index (χ1n) is 10.1. The van der Waals surface area contributed by atoms with E-state index in [1.54, 1.807) is 0 Å². The molecule has 8 nitrogen and oxygen atoms in total. The highest BCUT2D eigenvalue weighted by Gasteiger charge is 2.14. The lowest BCUT2D eigenvalue weighted by molar-refractivity contribution is 0.457. The van der Waals surface area contributed by atoms with Crippen molar-refractivity contribution in [1.82, 2.24) is 25.6 Å². The molecule has 0 aliphatic carbocycles. The molecule has 1 aliphatic heterocycles. The summed E-state index contributed by atoms with van der Waals surface area (Å²) in [5.41, 5.74) is 6.15. The first-order valence-corrected chi connectivity index (χ1v) is 10.1. The predicted octanol–water partition coefficient (Wildman–Crippen LogP) is 3.44. The maximum atomic E-state index is 10.4. The Balaban J connectivity index is 1.46. The zero-order valence-electron chi connectivity index (χ0n) is 17.0. The summed E-state index contributed by atoms with van der Waals surface area (Å²) in [6.45, 7) is 2.04. The van der Waals surface area contributed by atoms with Crippen LogP contribution in [-0.2, 0) is 0 Å². The summed E-state index contributed by atoms with van der Waals surface area (Å²) >= 11 is 0. The fraction of sp³-hybridized carbons (Fsp3) is 0.0417. The molecule has 5 aromatic rings. The normalized spacial score (nSPS) is 13.3. The second-order valence-corrected chi connectivity index (χ2v) is 7.72. The number of benzene rings is 3. The van der Waals surface area contributed by atoms with Crippen molar-refractivity contribution in [2.45, 2.75) is 6.92 Å². The first kappa shape index (κ1) is 18.2. The molecule has 3 N–H and O–H groups in total. The maximum Gasteiger partial charge on any atom is 0.204 e. The third kappa shape index (κ3) is 2.97. The van der Waals surface area contributed by atoms with Gasteiger partial charge < -0.3 is 10.1 Å². The van der Waals surface area contributed by atoms with Crippen molar-refractivity contribution in [3.63, 3.8) is 0 Å². The van der Waals surface area contributed by atoms with Crippen LogP contribution in [0.15, 0.2) is 70.9 Å². The maximum absolute atomic E-state index is 10.4. The van der Waals surface area contributed by atoms with Gasteiger partial charge in [-0.05, 0) is 53.8 Å². The highest BCUT2D eigenvalue weighted by Crippen LogP contribution is 2.29. The molecule has 3 aromatic carbocycles. The number of rotatable bonds is 3. The van der Waals surface area contributed by atoms with Crippen molar-refractivity contribution < 1.29 is 5.11 Å². The van der Waals surface area contributed by atoms with E-state index in [1.807, 2.05) is 67.6 Å². The van der Waals surface area contributed by atoms with E-state index < -0.39 is 0 Å². The molecule has 0 radical (unpaired) electrons. The second kappa shape index (κ2) is 6.98. The molecule has 154 valence electrons. The molecule has 0 saturated carbocycles. The topological polar surface area (TPSA) is 115 Å². The van der Waals surface area contributed by atoms with Gasteiger partial charge in [-0.1, -0.05) is 35.9 Å². The minimum Gasteiger partial charge on any atom is -0.494 e. The Labute approximate surface area is 181 Å². The van der Waals surface area contributed by atoms with E-state index in [4.69, 9.17) is 0 Å². The molecule has 6 rings (SSSR count). The molecule has 0 fully saturated rings. The van der Waals surface area contributed by atoms with Gasteiger partial charge in [-0.25, -0.2) is 0 Å². The fourth-order valence-corrected chi connectivity index (χ4v) is 4.01. The number of nitrogens with zero attached hydrogens (tertiary/aromatic N) is 5. The summed E-state index contributed by atoms with van der Waals surface area (Å²) in [6.07, 6.45) is 1.96. The molecule has 0 bridgehead atoms. The van der Waals surface area contributed by atoms with Crippen LogP contribution in [0.2, 0.25) is 0 Å². The minimum absolute atomic E-state index is 0.151. The van der Waals surface area contributed by atoms with E-state index in [9.17, 15) is 5.11 Å². The number of aromatic amines is 2. The van der Waals surface area contributed by atoms with Gasteiger partial charge in [-0.3, -0.25) is 0 Å². The van der Waals surface area contributed by atoms with Crippen LogP contribution in [-0.4, -0.2) is 30.7 Å². The van der Waals surface area contributed by atoms with E-state index in [2.05, 4.69) is 41.9 Å². The van der Waals surface area contributed by atoms with Gasteiger partial charge in [0.2, 0.25) is 5.82 Å². The Morgan fingerprint density at radius 2 is 1.84 bits per heavy atom. The summed E-state index contributed by atoms with van der Waals surface area (Å²) in [4.78, 5) is 3.03. The number of aromatic nitrogens is 5. The summed E-state index contributed by atoms with van der Waals surface area (Å²) in [6, 6.07) is 19.9. The van der Waals surface area contributed by atoms with Gasteiger partial charge in [0.05, 0.1) is 5.69 Å². The van der Waals surface area contributed by atoms with Gasteiger partial charge >= 0.3 is 0 Å². The van der Waals surface area contributed by atoms with Gasteiger partial charge in [-0.2, -0.15) is 5.21 Å². The third-order valence-corrected chi connectivity index (χ3v) is 5.56. The van der Waals surface area contributed by atoms with Crippen LogP contribution in [0, 0.1) is 6.92 Å². The van der Waals surface area contributed by atoms with E-state index >= 15 is 0 Å². The second-order valence-electron chi connectivity index (χ2n) is 7.72. The summed E-state index contributed by atoms with van der Waals surface area (Å²) in [7, 11) is 0. The number of nitrogens with one attached hydrogen (secondary N) is 2. The summed E-state index contributed by atoms with van der Waals surface area (Å²) in [5, 5.41) is 36.3. The molecule has 0 saturated heterocycles. The zero-order valence-corrected chi connectivity index (χ0v) is 17.0. The SMILES string of the molecule is Cc1ccc2[nH]c(O)c(/C=c3\ccc4c(c3)N=NC=4c3cccc(-c4nn[nH]n4)c3)c2c1. The molecule has 2 aromatic heterocycles. The molecule has 8 heteroatoms. The van der Waals surface area contributed by atoms with Gasteiger partial charge in [0.15, 0.2) is 5.88 Å². The molecule has 0 atom stereocenters. The van der Waals surface area contributed by atoms with Crippen LogP contribution in [0.5, 0.6) is 5.88 Å². The van der Waals surface area contributed by atoms with E-state index in [0.717, 1.165) is 55.0 Å². The smallest absolute Gasteiger partial charge is 0.204 e. The number of hydrogen-bond donors (Lipinski definition) is 3. The number of azo groups is 1. The molecule has 3 heterocycles. The lowest BCUT2D eigenvalue weighted by Crippen LogP contribution is -2.09. The van der Waals surface area contributed by atoms with Crippen LogP contribution >= 0.6 is 0 Å². The molecule has 0 amide bonds. The Hall–Kier alpha value is -4.59. The van der Waals surface area contributed by atoms with Crippen molar-refractivity contribution in [2.24, 2.45) is 10.2 Å². The molecular weight excluding hydrogens is 402 g/mol. The molecule has 1 aliphatic rings. The Kier molecular flexibility index (Phi) is 3.97. The number of hydrogen-bond acceptors (Lipinski definition) is 6. The van der Waals surface area contributed by atoms with Crippen LogP contribution in [0.25, 0.3) is 34.1 Å². The van der Waals surface area contributed by atoms with E-state index in [0.29, 0.717) is 5.82 Å². The van der Waals surface area contributed by atoms with Crippen molar-refractivity contribution in [3.8, 4) is 17.3 Å². The molecule has 0 unspecified atom stereocenters. The van der Waals surface area contributed by atoms with Gasteiger partial charge in [0.1, 0.15) is 5.70 Å². The van der Waals surface area contributed by atoms with Crippen molar-refractivity contribution in [3.05, 3.63) is 87.8 Å². The number of H-pyrrole nitrogens is 2. The van der Waals surface area contributed by atoms with E-state index in [-0.39, 0.29) is 5.88 Å². The van der Waals surface area contributed by atoms with Crippen molar-refractivity contribution in [2.75, 3.05) is 0 Å². The molecular formula is C24H17N7O. The van der Waals surface area contributed by atoms with Gasteiger partial charge in [0, 0.05) is 32.8 Å². The van der Waals surface area contributed by atoms with Gasteiger partial charge in [0.25, 0.3) is 0 Å². The number of aryl methyl sites for hydroxylation is 1. The Morgan fingerprint density at radius 3 is 2.72 bits per heavy atom. The lowest BCUT2D eigenvalue weighted by Gasteiger charge is -2.01. The number of aromatic hydroxyl groups is 1. The molecule has 0 spiro atoms. The van der Waals surface area contributed by atoms with Crippen molar-refractivity contribution >= 4 is 28.4 Å². The number of tetrazole rings is 1. The third-order valence-electron chi connectivity index (χ3n) is 5.56. The van der Waals surface area contributed by atoms with Crippen LogP contribution < -0.4 is 10.4 Å². The Bertz CT molecular complexity index is 1650.